The molecule has 7 nitrogen and oxygen atoms in total. The van der Waals surface area contributed by atoms with Gasteiger partial charge in [-0.05, 0) is 62.6 Å². The van der Waals surface area contributed by atoms with Gasteiger partial charge in [-0.1, -0.05) is 20.8 Å². The average molecular weight is 525 g/mol. The van der Waals surface area contributed by atoms with Crippen LogP contribution in [-0.2, 0) is 14.8 Å². The van der Waals surface area contributed by atoms with Crippen molar-refractivity contribution in [3.8, 4) is 0 Å². The largest absolute Gasteiger partial charge is 0.354 e. The van der Waals surface area contributed by atoms with Crippen LogP contribution in [-0.4, -0.2) is 53.7 Å². The predicted octanol–water partition coefficient (Wildman–Crippen LogP) is 5.05. The quantitative estimate of drug-likeness (QED) is 0.553. The first-order valence-corrected chi connectivity index (χ1v) is 14.3. The number of carbonyl (C=O) groups is 1. The number of imidazole rings is 1. The molecule has 1 saturated carbocycles. The monoisotopic (exact) mass is 524 g/mol. The number of amides is 1. The summed E-state index contributed by atoms with van der Waals surface area (Å²) in [6.45, 7) is 10.5. The van der Waals surface area contributed by atoms with E-state index in [9.17, 15) is 22.0 Å². The summed E-state index contributed by atoms with van der Waals surface area (Å²) < 4.78 is 55.7. The molecule has 2 unspecified atom stereocenters. The van der Waals surface area contributed by atoms with Gasteiger partial charge in [0, 0.05) is 37.9 Å². The number of H-pyrrole nitrogens is 1. The van der Waals surface area contributed by atoms with E-state index in [1.807, 2.05) is 13.8 Å². The van der Waals surface area contributed by atoms with Crippen LogP contribution in [0, 0.1) is 17.3 Å². The molecule has 0 spiro atoms. The van der Waals surface area contributed by atoms with Crippen molar-refractivity contribution < 1.29 is 22.0 Å². The van der Waals surface area contributed by atoms with Crippen molar-refractivity contribution in [3.05, 3.63) is 24.0 Å². The summed E-state index contributed by atoms with van der Waals surface area (Å²) >= 11 is 0. The van der Waals surface area contributed by atoms with Crippen LogP contribution in [0.1, 0.15) is 78.5 Å². The molecule has 200 valence electrons. The van der Waals surface area contributed by atoms with Gasteiger partial charge in [-0.25, -0.2) is 22.2 Å². The Balaban J connectivity index is 1.58. The predicted molar refractivity (Wildman–Crippen MR) is 135 cm³/mol. The first-order chi connectivity index (χ1) is 16.7. The number of rotatable bonds is 6. The summed E-state index contributed by atoms with van der Waals surface area (Å²) in [4.78, 5) is 20.6. The van der Waals surface area contributed by atoms with Crippen LogP contribution in [0.5, 0.6) is 0 Å². The number of hydrogen-bond acceptors (Lipinski definition) is 4. The topological polar surface area (TPSA) is 95.2 Å². The summed E-state index contributed by atoms with van der Waals surface area (Å²) in [5.41, 5.74) is 1.05. The molecule has 0 bridgehead atoms. The lowest BCUT2D eigenvalue weighted by Crippen LogP contribution is -2.37. The molecule has 1 aliphatic heterocycles. The van der Waals surface area contributed by atoms with Gasteiger partial charge in [-0.3, -0.25) is 4.79 Å². The third-order valence-corrected chi connectivity index (χ3v) is 9.38. The Kier molecular flexibility index (Phi) is 7.24. The zero-order valence-electron chi connectivity index (χ0n) is 21.8. The SMILES string of the molecule is CC(C)NC(=O)C1CCN(S(=O)(=O)c2ccc3nc(C(C4CCC(F)(F)CC4)C(C)(C)C)[nH]c3c2)C1. The van der Waals surface area contributed by atoms with Crippen molar-refractivity contribution in [1.82, 2.24) is 19.6 Å². The van der Waals surface area contributed by atoms with E-state index in [0.29, 0.717) is 42.7 Å². The Hall–Kier alpha value is -2.07. The van der Waals surface area contributed by atoms with E-state index in [2.05, 4.69) is 31.1 Å². The maximum Gasteiger partial charge on any atom is 0.248 e. The van der Waals surface area contributed by atoms with E-state index in [1.165, 1.54) is 4.31 Å². The van der Waals surface area contributed by atoms with Gasteiger partial charge in [-0.15, -0.1) is 0 Å². The molecule has 2 fully saturated rings. The number of alkyl halides is 2. The van der Waals surface area contributed by atoms with Crippen LogP contribution < -0.4 is 5.32 Å². The first kappa shape index (κ1) is 27.0. The smallest absolute Gasteiger partial charge is 0.248 e. The second-order valence-corrected chi connectivity index (χ2v) is 13.8. The molecule has 2 aliphatic rings. The minimum atomic E-state index is -3.78. The summed E-state index contributed by atoms with van der Waals surface area (Å²) in [5, 5.41) is 2.86. The molecule has 2 atom stereocenters. The number of aromatic nitrogens is 2. The summed E-state index contributed by atoms with van der Waals surface area (Å²) in [6, 6.07) is 4.84. The fraction of sp³-hybridized carbons (Fsp3) is 0.692. The Morgan fingerprint density at radius 3 is 2.47 bits per heavy atom. The Morgan fingerprint density at radius 1 is 1.19 bits per heavy atom. The summed E-state index contributed by atoms with van der Waals surface area (Å²) in [7, 11) is -3.78. The highest BCUT2D eigenvalue weighted by atomic mass is 32.2. The maximum atomic E-state index is 13.8. The molecule has 4 rings (SSSR count). The normalized spacial score (nSPS) is 22.8. The van der Waals surface area contributed by atoms with Crippen LogP contribution in [0.25, 0.3) is 11.0 Å². The van der Waals surface area contributed by atoms with Gasteiger partial charge >= 0.3 is 0 Å². The van der Waals surface area contributed by atoms with Gasteiger partial charge in [-0.2, -0.15) is 4.31 Å². The highest BCUT2D eigenvalue weighted by Crippen LogP contribution is 2.48. The zero-order valence-corrected chi connectivity index (χ0v) is 22.6. The van der Waals surface area contributed by atoms with Gasteiger partial charge < -0.3 is 10.3 Å². The van der Waals surface area contributed by atoms with Crippen LogP contribution in [0.3, 0.4) is 0 Å². The van der Waals surface area contributed by atoms with Gasteiger partial charge in [0.1, 0.15) is 5.82 Å². The summed E-state index contributed by atoms with van der Waals surface area (Å²) in [6.07, 6.45) is 1.14. The van der Waals surface area contributed by atoms with Gasteiger partial charge in [0.15, 0.2) is 0 Å². The lowest BCUT2D eigenvalue weighted by atomic mass is 9.67. The minimum Gasteiger partial charge on any atom is -0.354 e. The highest BCUT2D eigenvalue weighted by molar-refractivity contribution is 7.89. The van der Waals surface area contributed by atoms with E-state index in [1.54, 1.807) is 18.2 Å². The van der Waals surface area contributed by atoms with E-state index in [0.717, 1.165) is 0 Å². The molecule has 10 heteroatoms. The van der Waals surface area contributed by atoms with E-state index in [-0.39, 0.29) is 59.4 Å². The number of nitrogens with one attached hydrogen (secondary N) is 2. The third-order valence-electron chi connectivity index (χ3n) is 7.52. The van der Waals surface area contributed by atoms with Crippen LogP contribution in [0.2, 0.25) is 0 Å². The summed E-state index contributed by atoms with van der Waals surface area (Å²) in [5.74, 6) is -2.34. The Bertz CT molecular complexity index is 1210. The van der Waals surface area contributed by atoms with Crippen LogP contribution in [0.15, 0.2) is 23.1 Å². The Labute approximate surface area is 212 Å². The van der Waals surface area contributed by atoms with Crippen molar-refractivity contribution in [2.75, 3.05) is 13.1 Å². The van der Waals surface area contributed by atoms with Crippen molar-refractivity contribution in [2.45, 2.75) is 89.5 Å². The molecule has 1 amide bonds. The van der Waals surface area contributed by atoms with E-state index < -0.39 is 15.9 Å². The number of hydrogen-bond donors (Lipinski definition) is 2. The van der Waals surface area contributed by atoms with Gasteiger partial charge in [0.05, 0.1) is 21.8 Å². The second-order valence-electron chi connectivity index (χ2n) is 11.9. The van der Waals surface area contributed by atoms with Crippen LogP contribution in [0.4, 0.5) is 8.78 Å². The number of halogens is 2. The van der Waals surface area contributed by atoms with Crippen molar-refractivity contribution in [2.24, 2.45) is 17.3 Å². The number of fused-ring (bicyclic) bond motifs is 1. The number of carbonyl (C=O) groups excluding carboxylic acids is 1. The number of sulfonamides is 1. The maximum absolute atomic E-state index is 13.8. The molecular weight excluding hydrogens is 486 g/mol. The standard InChI is InChI=1S/C26H38F2N4O3S/c1-16(2)29-24(33)18-10-13-32(15-18)36(34,35)19-6-7-20-21(14-19)31-23(30-20)22(25(3,4)5)17-8-11-26(27,28)12-9-17/h6-7,14,16-18,22H,8-13,15H2,1-5H3,(H,29,33)(H,30,31). The molecule has 2 N–H and O–H groups in total. The number of aromatic amines is 1. The molecular formula is C26H38F2N4O3S. The lowest BCUT2D eigenvalue weighted by Gasteiger charge is -2.39. The highest BCUT2D eigenvalue weighted by Gasteiger charge is 2.43. The van der Waals surface area contributed by atoms with Gasteiger partial charge in [0.25, 0.3) is 0 Å². The first-order valence-electron chi connectivity index (χ1n) is 12.9. The molecule has 1 aromatic heterocycles. The molecule has 2 aromatic rings. The van der Waals surface area contributed by atoms with Crippen molar-refractivity contribution in [1.29, 1.82) is 0 Å². The fourth-order valence-corrected chi connectivity index (χ4v) is 7.29. The average Bonchev–Trinajstić information content (AvgIpc) is 3.41. The molecule has 0 radical (unpaired) electrons. The second kappa shape index (κ2) is 9.67. The van der Waals surface area contributed by atoms with E-state index >= 15 is 0 Å². The number of nitrogens with zero attached hydrogens (tertiary/aromatic N) is 2. The van der Waals surface area contributed by atoms with Crippen LogP contribution >= 0.6 is 0 Å². The lowest BCUT2D eigenvalue weighted by molar-refractivity contribution is -0.125. The molecule has 1 saturated heterocycles. The van der Waals surface area contributed by atoms with E-state index in [4.69, 9.17) is 4.98 Å². The molecule has 2 heterocycles. The molecule has 1 aliphatic carbocycles. The number of benzene rings is 1. The fourth-order valence-electron chi connectivity index (χ4n) is 5.76. The molecule has 36 heavy (non-hydrogen) atoms. The van der Waals surface area contributed by atoms with Gasteiger partial charge in [0.2, 0.25) is 21.9 Å². The Morgan fingerprint density at radius 2 is 1.86 bits per heavy atom. The zero-order chi connectivity index (χ0) is 26.5. The van der Waals surface area contributed by atoms with Crippen molar-refractivity contribution >= 4 is 27.0 Å². The third kappa shape index (κ3) is 5.59. The minimum absolute atomic E-state index is 0.00200. The van der Waals surface area contributed by atoms with Crippen molar-refractivity contribution in [3.63, 3.8) is 0 Å². The molecule has 1 aromatic carbocycles.